The number of ether oxygens (including phenoxy) is 2. The molecule has 5 nitrogen and oxygen atoms in total. The highest BCUT2D eigenvalue weighted by Crippen LogP contribution is 2.37. The predicted octanol–water partition coefficient (Wildman–Crippen LogP) is 5.05. The van der Waals surface area contributed by atoms with Crippen LogP contribution in [0.5, 0.6) is 17.2 Å². The maximum atomic E-state index is 14.4. The van der Waals surface area contributed by atoms with Crippen LogP contribution in [0.2, 0.25) is 0 Å². The van der Waals surface area contributed by atoms with Crippen LogP contribution in [0.15, 0.2) is 83.7 Å². The maximum absolute atomic E-state index is 14.4. The maximum Gasteiger partial charge on any atom is 0.267 e. The number of benzene rings is 3. The van der Waals surface area contributed by atoms with Gasteiger partial charge in [-0.15, -0.1) is 0 Å². The van der Waals surface area contributed by atoms with Crippen LogP contribution in [0.25, 0.3) is 22.4 Å². The fourth-order valence-corrected chi connectivity index (χ4v) is 3.16. The molecule has 1 aromatic heterocycles. The Hall–Kier alpha value is -3.93. The van der Waals surface area contributed by atoms with E-state index in [1.165, 1.54) is 30.0 Å². The number of rotatable bonds is 5. The Morgan fingerprint density at radius 1 is 0.867 bits per heavy atom. The summed E-state index contributed by atoms with van der Waals surface area (Å²) in [5.41, 5.74) is 1.91. The second-order valence-corrected chi connectivity index (χ2v) is 6.63. The fourth-order valence-electron chi connectivity index (χ4n) is 3.16. The molecule has 0 spiro atoms. The average Bonchev–Trinajstić information content (AvgIpc) is 2.76. The SMILES string of the molecule is COc1ccc(-c2cc(=O)n(C)nc2-c2ccccc2Oc2ccccc2)cc1F. The number of halogens is 1. The van der Waals surface area contributed by atoms with Gasteiger partial charge in [0, 0.05) is 24.2 Å². The van der Waals surface area contributed by atoms with Crippen molar-refractivity contribution in [3.63, 3.8) is 0 Å². The molecule has 0 saturated heterocycles. The van der Waals surface area contributed by atoms with Crippen molar-refractivity contribution in [2.45, 2.75) is 0 Å². The molecule has 1 heterocycles. The summed E-state index contributed by atoms with van der Waals surface area (Å²) in [5, 5.41) is 4.46. The minimum absolute atomic E-state index is 0.130. The summed E-state index contributed by atoms with van der Waals surface area (Å²) in [7, 11) is 2.98. The summed E-state index contributed by atoms with van der Waals surface area (Å²) in [4.78, 5) is 12.3. The molecule has 0 aliphatic rings. The molecule has 4 aromatic rings. The highest BCUT2D eigenvalue weighted by molar-refractivity contribution is 5.83. The lowest BCUT2D eigenvalue weighted by atomic mass is 9.99. The summed E-state index contributed by atoms with van der Waals surface area (Å²) in [6.07, 6.45) is 0. The van der Waals surface area contributed by atoms with Gasteiger partial charge >= 0.3 is 0 Å². The van der Waals surface area contributed by atoms with Crippen LogP contribution in [-0.4, -0.2) is 16.9 Å². The fraction of sp³-hybridized carbons (Fsp3) is 0.0833. The number of nitrogens with zero attached hydrogens (tertiary/aromatic N) is 2. The normalized spacial score (nSPS) is 10.6. The largest absolute Gasteiger partial charge is 0.494 e. The van der Waals surface area contributed by atoms with Gasteiger partial charge in [-0.3, -0.25) is 4.79 Å². The second kappa shape index (κ2) is 8.21. The lowest BCUT2D eigenvalue weighted by Gasteiger charge is -2.15. The smallest absolute Gasteiger partial charge is 0.267 e. The highest BCUT2D eigenvalue weighted by atomic mass is 19.1. The third kappa shape index (κ3) is 3.80. The van der Waals surface area contributed by atoms with E-state index < -0.39 is 5.82 Å². The molecule has 0 unspecified atom stereocenters. The average molecular weight is 402 g/mol. The van der Waals surface area contributed by atoms with E-state index in [-0.39, 0.29) is 11.3 Å². The number of hydrogen-bond acceptors (Lipinski definition) is 4. The van der Waals surface area contributed by atoms with Crippen molar-refractivity contribution in [1.29, 1.82) is 0 Å². The zero-order valence-electron chi connectivity index (χ0n) is 16.5. The summed E-state index contributed by atoms with van der Waals surface area (Å²) in [5.74, 6) is 0.859. The van der Waals surface area contributed by atoms with E-state index >= 15 is 0 Å². The zero-order valence-corrected chi connectivity index (χ0v) is 16.5. The molecule has 0 atom stereocenters. The van der Waals surface area contributed by atoms with Gasteiger partial charge in [-0.25, -0.2) is 9.07 Å². The van der Waals surface area contributed by atoms with Gasteiger partial charge in [0.15, 0.2) is 11.6 Å². The van der Waals surface area contributed by atoms with E-state index in [9.17, 15) is 9.18 Å². The van der Waals surface area contributed by atoms with E-state index in [1.807, 2.05) is 54.6 Å². The van der Waals surface area contributed by atoms with Gasteiger partial charge in [-0.1, -0.05) is 36.4 Å². The van der Waals surface area contributed by atoms with E-state index in [1.54, 1.807) is 13.1 Å². The van der Waals surface area contributed by atoms with Crippen molar-refractivity contribution in [3.05, 3.63) is 95.0 Å². The molecule has 3 aromatic carbocycles. The van der Waals surface area contributed by atoms with Crippen LogP contribution < -0.4 is 15.0 Å². The van der Waals surface area contributed by atoms with Gasteiger partial charge in [0.2, 0.25) is 0 Å². The number of aromatic nitrogens is 2. The first-order valence-electron chi connectivity index (χ1n) is 9.31. The van der Waals surface area contributed by atoms with Crippen molar-refractivity contribution in [3.8, 4) is 39.6 Å². The third-order valence-corrected chi connectivity index (χ3v) is 4.67. The van der Waals surface area contributed by atoms with Crippen molar-refractivity contribution in [1.82, 2.24) is 9.78 Å². The van der Waals surface area contributed by atoms with Crippen molar-refractivity contribution in [2.24, 2.45) is 7.05 Å². The van der Waals surface area contributed by atoms with Crippen molar-refractivity contribution in [2.75, 3.05) is 7.11 Å². The minimum Gasteiger partial charge on any atom is -0.494 e. The predicted molar refractivity (Wildman–Crippen MR) is 113 cm³/mol. The van der Waals surface area contributed by atoms with E-state index in [0.717, 1.165) is 0 Å². The first-order chi connectivity index (χ1) is 14.6. The molecule has 0 N–H and O–H groups in total. The molecule has 150 valence electrons. The van der Waals surface area contributed by atoms with Gasteiger partial charge in [0.05, 0.1) is 7.11 Å². The Morgan fingerprint density at radius 2 is 1.60 bits per heavy atom. The van der Waals surface area contributed by atoms with Gasteiger partial charge in [0.1, 0.15) is 17.2 Å². The molecule has 4 rings (SSSR count). The van der Waals surface area contributed by atoms with E-state index in [4.69, 9.17) is 9.47 Å². The summed E-state index contributed by atoms with van der Waals surface area (Å²) in [6, 6.07) is 22.8. The van der Waals surface area contributed by atoms with Crippen molar-refractivity contribution < 1.29 is 13.9 Å². The van der Waals surface area contributed by atoms with Crippen LogP contribution in [0.3, 0.4) is 0 Å². The van der Waals surface area contributed by atoms with Crippen LogP contribution in [0.1, 0.15) is 0 Å². The second-order valence-electron chi connectivity index (χ2n) is 6.63. The lowest BCUT2D eigenvalue weighted by Crippen LogP contribution is -2.19. The Morgan fingerprint density at radius 3 is 2.33 bits per heavy atom. The molecule has 6 heteroatoms. The molecule has 0 radical (unpaired) electrons. The lowest BCUT2D eigenvalue weighted by molar-refractivity contribution is 0.386. The molecule has 0 saturated carbocycles. The topological polar surface area (TPSA) is 53.4 Å². The number of para-hydroxylation sites is 2. The monoisotopic (exact) mass is 402 g/mol. The summed E-state index contributed by atoms with van der Waals surface area (Å²) < 4.78 is 26.7. The van der Waals surface area contributed by atoms with Crippen LogP contribution in [0, 0.1) is 5.82 Å². The van der Waals surface area contributed by atoms with E-state index in [0.29, 0.717) is 33.9 Å². The minimum atomic E-state index is -0.518. The zero-order chi connectivity index (χ0) is 21.1. The summed E-state index contributed by atoms with van der Waals surface area (Å²) >= 11 is 0. The number of methoxy groups -OCH3 is 1. The summed E-state index contributed by atoms with van der Waals surface area (Å²) in [6.45, 7) is 0. The Kier molecular flexibility index (Phi) is 5.30. The van der Waals surface area contributed by atoms with Crippen LogP contribution in [0.4, 0.5) is 4.39 Å². The molecule has 0 aliphatic heterocycles. The molecule has 30 heavy (non-hydrogen) atoms. The van der Waals surface area contributed by atoms with E-state index in [2.05, 4.69) is 5.10 Å². The standard InChI is InChI=1S/C24H19FN2O3/c1-27-23(28)15-19(16-12-13-22(29-2)20(25)14-16)24(26-27)18-10-6-7-11-21(18)30-17-8-4-3-5-9-17/h3-15H,1-2H3. The van der Waals surface area contributed by atoms with Gasteiger partial charge in [0.25, 0.3) is 5.56 Å². The molecule has 0 fully saturated rings. The third-order valence-electron chi connectivity index (χ3n) is 4.67. The van der Waals surface area contributed by atoms with Gasteiger partial charge < -0.3 is 9.47 Å². The molecule has 0 aliphatic carbocycles. The molecule has 0 bridgehead atoms. The molecular formula is C24H19FN2O3. The van der Waals surface area contributed by atoms with Crippen LogP contribution >= 0.6 is 0 Å². The number of aryl methyl sites for hydroxylation is 1. The van der Waals surface area contributed by atoms with Crippen molar-refractivity contribution >= 4 is 0 Å². The number of hydrogen-bond donors (Lipinski definition) is 0. The Bertz CT molecular complexity index is 1250. The van der Waals surface area contributed by atoms with Gasteiger partial charge in [-0.05, 0) is 42.0 Å². The Balaban J connectivity index is 1.89. The molecule has 0 amide bonds. The Labute approximate surface area is 173 Å². The van der Waals surface area contributed by atoms with Gasteiger partial charge in [-0.2, -0.15) is 5.10 Å². The van der Waals surface area contributed by atoms with Crippen LogP contribution in [-0.2, 0) is 7.05 Å². The highest BCUT2D eigenvalue weighted by Gasteiger charge is 2.17. The first-order valence-corrected chi connectivity index (χ1v) is 9.31. The quantitative estimate of drug-likeness (QED) is 0.469. The molecular weight excluding hydrogens is 383 g/mol. The first kappa shape index (κ1) is 19.4.